The van der Waals surface area contributed by atoms with Gasteiger partial charge >= 0.3 is 0 Å². The van der Waals surface area contributed by atoms with Crippen LogP contribution < -0.4 is 0 Å². The van der Waals surface area contributed by atoms with E-state index in [9.17, 15) is 14.7 Å². The first-order chi connectivity index (χ1) is 13.3. The zero-order valence-corrected chi connectivity index (χ0v) is 17.5. The second-order valence-corrected chi connectivity index (χ2v) is 8.46. The lowest BCUT2D eigenvalue weighted by atomic mass is 9.96. The molecule has 1 fully saturated rings. The summed E-state index contributed by atoms with van der Waals surface area (Å²) in [4.78, 5) is 30.3. The first-order valence-corrected chi connectivity index (χ1v) is 10.2. The standard InChI is InChI=1S/C22H26N2O3S/c1-14-8-9-15(2)16(13-14)20(25)18-19(17-7-5-12-28-17)24(22(27)21(18)26)11-6-10-23(3)4/h5,7-9,12-13,19,25H,6,10-11H2,1-4H3. The topological polar surface area (TPSA) is 60.9 Å². The predicted molar refractivity (Wildman–Crippen MR) is 112 cm³/mol. The van der Waals surface area contributed by atoms with Crippen LogP contribution in [0.15, 0.2) is 41.3 Å². The summed E-state index contributed by atoms with van der Waals surface area (Å²) in [5.74, 6) is -1.24. The van der Waals surface area contributed by atoms with Crippen molar-refractivity contribution in [2.24, 2.45) is 0 Å². The first-order valence-electron chi connectivity index (χ1n) is 9.35. The van der Waals surface area contributed by atoms with Gasteiger partial charge in [-0.15, -0.1) is 11.3 Å². The molecule has 0 aliphatic carbocycles. The summed E-state index contributed by atoms with van der Waals surface area (Å²) >= 11 is 1.49. The molecule has 1 aromatic heterocycles. The van der Waals surface area contributed by atoms with Gasteiger partial charge in [0.15, 0.2) is 0 Å². The molecule has 0 spiro atoms. The van der Waals surface area contributed by atoms with E-state index in [4.69, 9.17) is 0 Å². The van der Waals surface area contributed by atoms with E-state index in [1.807, 2.05) is 68.6 Å². The SMILES string of the molecule is Cc1ccc(C)c(C(O)=C2C(=O)C(=O)N(CCCN(C)C)C2c2cccs2)c1. The number of ketones is 1. The summed E-state index contributed by atoms with van der Waals surface area (Å²) in [6.45, 7) is 5.11. The highest BCUT2D eigenvalue weighted by Gasteiger charge is 2.46. The molecule has 1 aliphatic heterocycles. The van der Waals surface area contributed by atoms with E-state index in [1.54, 1.807) is 4.90 Å². The van der Waals surface area contributed by atoms with Crippen molar-refractivity contribution in [2.45, 2.75) is 26.3 Å². The lowest BCUT2D eigenvalue weighted by molar-refractivity contribution is -0.139. The largest absolute Gasteiger partial charge is 0.507 e. The Kier molecular flexibility index (Phi) is 6.01. The summed E-state index contributed by atoms with van der Waals surface area (Å²) in [6.07, 6.45) is 0.755. The van der Waals surface area contributed by atoms with Crippen LogP contribution in [0, 0.1) is 13.8 Å². The highest BCUT2D eigenvalue weighted by molar-refractivity contribution is 7.10. The van der Waals surface area contributed by atoms with Crippen LogP contribution in [0.4, 0.5) is 0 Å². The lowest BCUT2D eigenvalue weighted by Gasteiger charge is -2.24. The molecule has 1 aromatic carbocycles. The number of aliphatic hydroxyl groups excluding tert-OH is 1. The number of thiophene rings is 1. The van der Waals surface area contributed by atoms with Gasteiger partial charge in [0.25, 0.3) is 11.7 Å². The summed E-state index contributed by atoms with van der Waals surface area (Å²) in [7, 11) is 3.96. The molecule has 1 amide bonds. The van der Waals surface area contributed by atoms with Crippen molar-refractivity contribution in [1.82, 2.24) is 9.80 Å². The molecule has 148 valence electrons. The van der Waals surface area contributed by atoms with Crippen LogP contribution in [0.3, 0.4) is 0 Å². The normalized spacial score (nSPS) is 19.0. The molecule has 0 radical (unpaired) electrons. The monoisotopic (exact) mass is 398 g/mol. The van der Waals surface area contributed by atoms with Gasteiger partial charge in [0.1, 0.15) is 5.76 Å². The number of aryl methyl sites for hydroxylation is 2. The third kappa shape index (κ3) is 3.88. The number of hydrogen-bond acceptors (Lipinski definition) is 5. The second-order valence-electron chi connectivity index (χ2n) is 7.48. The predicted octanol–water partition coefficient (Wildman–Crippen LogP) is 3.74. The zero-order chi connectivity index (χ0) is 20.4. The van der Waals surface area contributed by atoms with Gasteiger partial charge in [-0.05, 0) is 64.0 Å². The van der Waals surface area contributed by atoms with Crippen molar-refractivity contribution in [3.05, 3.63) is 62.9 Å². The van der Waals surface area contributed by atoms with Crippen LogP contribution in [0.2, 0.25) is 0 Å². The molecule has 1 atom stereocenters. The van der Waals surface area contributed by atoms with Crippen LogP contribution in [0.5, 0.6) is 0 Å². The first kappa shape index (κ1) is 20.3. The molecule has 28 heavy (non-hydrogen) atoms. The van der Waals surface area contributed by atoms with Crippen molar-refractivity contribution in [3.8, 4) is 0 Å². The minimum atomic E-state index is -0.610. The Hall–Kier alpha value is -2.44. The van der Waals surface area contributed by atoms with Crippen molar-refractivity contribution in [3.63, 3.8) is 0 Å². The molecule has 0 bridgehead atoms. The Balaban J connectivity index is 2.09. The molecule has 1 N–H and O–H groups in total. The third-order valence-electron chi connectivity index (χ3n) is 5.01. The van der Waals surface area contributed by atoms with Crippen LogP contribution in [0.1, 0.15) is 34.0 Å². The number of rotatable bonds is 6. The fraction of sp³-hybridized carbons (Fsp3) is 0.364. The van der Waals surface area contributed by atoms with Crippen molar-refractivity contribution < 1.29 is 14.7 Å². The van der Waals surface area contributed by atoms with Crippen LogP contribution in [-0.4, -0.2) is 53.8 Å². The molecule has 1 aliphatic rings. The van der Waals surface area contributed by atoms with Gasteiger partial charge in [0.05, 0.1) is 11.6 Å². The number of aliphatic hydroxyl groups is 1. The third-order valence-corrected chi connectivity index (χ3v) is 5.93. The van der Waals surface area contributed by atoms with Gasteiger partial charge < -0.3 is 14.9 Å². The van der Waals surface area contributed by atoms with E-state index < -0.39 is 17.7 Å². The number of amides is 1. The maximum Gasteiger partial charge on any atom is 0.295 e. The van der Waals surface area contributed by atoms with Gasteiger partial charge in [0, 0.05) is 17.0 Å². The Morgan fingerprint density at radius 1 is 1.21 bits per heavy atom. The molecule has 1 saturated heterocycles. The van der Waals surface area contributed by atoms with Crippen molar-refractivity contribution in [1.29, 1.82) is 0 Å². The molecule has 0 saturated carbocycles. The minimum Gasteiger partial charge on any atom is -0.507 e. The average molecular weight is 399 g/mol. The Morgan fingerprint density at radius 2 is 1.96 bits per heavy atom. The number of Topliss-reactive ketones (excluding diaryl/α,β-unsaturated/α-hetero) is 1. The van der Waals surface area contributed by atoms with Gasteiger partial charge in [-0.3, -0.25) is 9.59 Å². The van der Waals surface area contributed by atoms with E-state index in [1.165, 1.54) is 11.3 Å². The number of carbonyl (C=O) groups excluding carboxylic acids is 2. The molecule has 2 aromatic rings. The summed E-state index contributed by atoms with van der Waals surface area (Å²) in [6, 6.07) is 9.01. The number of hydrogen-bond donors (Lipinski definition) is 1. The molecule has 1 unspecified atom stereocenters. The molecule has 3 rings (SSSR count). The maximum atomic E-state index is 12.9. The average Bonchev–Trinajstić information content (AvgIpc) is 3.25. The number of nitrogens with zero attached hydrogens (tertiary/aromatic N) is 2. The summed E-state index contributed by atoms with van der Waals surface area (Å²) < 4.78 is 0. The van der Waals surface area contributed by atoms with E-state index >= 15 is 0 Å². The zero-order valence-electron chi connectivity index (χ0n) is 16.7. The molecule has 2 heterocycles. The molecule has 6 heteroatoms. The van der Waals surface area contributed by atoms with Crippen LogP contribution >= 0.6 is 11.3 Å². The van der Waals surface area contributed by atoms with Crippen molar-refractivity contribution in [2.75, 3.05) is 27.2 Å². The Morgan fingerprint density at radius 3 is 2.61 bits per heavy atom. The van der Waals surface area contributed by atoms with E-state index in [2.05, 4.69) is 0 Å². The minimum absolute atomic E-state index is 0.0898. The van der Waals surface area contributed by atoms with E-state index in [0.717, 1.165) is 29.0 Å². The highest BCUT2D eigenvalue weighted by Crippen LogP contribution is 2.41. The molecular weight excluding hydrogens is 372 g/mol. The van der Waals surface area contributed by atoms with Crippen LogP contribution in [0.25, 0.3) is 5.76 Å². The van der Waals surface area contributed by atoms with Gasteiger partial charge in [0.2, 0.25) is 0 Å². The molecule has 5 nitrogen and oxygen atoms in total. The summed E-state index contributed by atoms with van der Waals surface area (Å²) in [5, 5.41) is 13.0. The fourth-order valence-electron chi connectivity index (χ4n) is 3.55. The van der Waals surface area contributed by atoms with Crippen molar-refractivity contribution >= 4 is 28.8 Å². The fourth-order valence-corrected chi connectivity index (χ4v) is 4.39. The maximum absolute atomic E-state index is 12.9. The molecular formula is C22H26N2O3S. The van der Waals surface area contributed by atoms with E-state index in [-0.39, 0.29) is 11.3 Å². The Labute approximate surface area is 169 Å². The highest BCUT2D eigenvalue weighted by atomic mass is 32.1. The quantitative estimate of drug-likeness (QED) is 0.457. The Bertz CT molecular complexity index is 916. The van der Waals surface area contributed by atoms with Gasteiger partial charge in [-0.2, -0.15) is 0 Å². The smallest absolute Gasteiger partial charge is 0.295 e. The summed E-state index contributed by atoms with van der Waals surface area (Å²) in [5.41, 5.74) is 2.64. The number of carbonyl (C=O) groups is 2. The van der Waals surface area contributed by atoms with Gasteiger partial charge in [-0.1, -0.05) is 23.8 Å². The van der Waals surface area contributed by atoms with Gasteiger partial charge in [-0.25, -0.2) is 0 Å². The second kappa shape index (κ2) is 8.29. The number of benzene rings is 1. The van der Waals surface area contributed by atoms with E-state index in [0.29, 0.717) is 12.1 Å². The lowest BCUT2D eigenvalue weighted by Crippen LogP contribution is -2.32. The number of likely N-dealkylation sites (tertiary alicyclic amines) is 1. The van der Waals surface area contributed by atoms with Crippen LogP contribution in [-0.2, 0) is 9.59 Å².